The minimum atomic E-state index is -0.442. The predicted octanol–water partition coefficient (Wildman–Crippen LogP) is 5.91. The van der Waals surface area contributed by atoms with E-state index in [1.165, 1.54) is 0 Å². The monoisotopic (exact) mass is 436 g/mol. The number of nitrogens with zero attached hydrogens (tertiary/aromatic N) is 2. The van der Waals surface area contributed by atoms with Crippen LogP contribution in [0.2, 0.25) is 5.02 Å². The van der Waals surface area contributed by atoms with Crippen molar-refractivity contribution in [3.63, 3.8) is 0 Å². The summed E-state index contributed by atoms with van der Waals surface area (Å²) in [5, 5.41) is 2.71. The quantitative estimate of drug-likeness (QED) is 0.352. The highest BCUT2D eigenvalue weighted by molar-refractivity contribution is 6.31. The molecule has 0 fully saturated rings. The number of carbonyl (C=O) groups excluding carboxylic acids is 1. The first-order valence-corrected chi connectivity index (χ1v) is 10.6. The fourth-order valence-corrected chi connectivity index (χ4v) is 4.17. The van der Waals surface area contributed by atoms with Gasteiger partial charge < -0.3 is 14.0 Å². The smallest absolute Gasteiger partial charge is 0.357 e. The number of halogens is 1. The van der Waals surface area contributed by atoms with E-state index in [9.17, 15) is 4.79 Å². The zero-order chi connectivity index (χ0) is 22.1. The molecule has 0 atom stereocenters. The summed E-state index contributed by atoms with van der Waals surface area (Å²) >= 11 is 6.50. The minimum absolute atomic E-state index is 0.231. The molecule has 2 aromatic heterocycles. The molecule has 0 saturated carbocycles. The number of carbonyl (C=O) groups is 1. The van der Waals surface area contributed by atoms with Gasteiger partial charge in [0.25, 0.3) is 0 Å². The Kier molecular flexibility index (Phi) is 5.99. The zero-order valence-corrected chi connectivity index (χ0v) is 18.9. The van der Waals surface area contributed by atoms with Crippen LogP contribution in [0.15, 0.2) is 48.7 Å². The number of aromatic nitrogens is 2. The number of esters is 1. The molecule has 160 valence electrons. The second-order valence-corrected chi connectivity index (χ2v) is 8.34. The zero-order valence-electron chi connectivity index (χ0n) is 18.1. The molecular weight excluding hydrogens is 412 g/mol. The van der Waals surface area contributed by atoms with Crippen molar-refractivity contribution in [2.45, 2.75) is 40.0 Å². The second-order valence-electron chi connectivity index (χ2n) is 7.93. The van der Waals surface area contributed by atoms with Crippen molar-refractivity contribution in [1.29, 1.82) is 0 Å². The minimum Gasteiger partial charge on any atom is -0.458 e. The van der Waals surface area contributed by atoms with Crippen molar-refractivity contribution in [2.24, 2.45) is 0 Å². The normalized spacial score (nSPS) is 11.5. The number of rotatable bonds is 6. The Bertz CT molecular complexity index is 1280. The van der Waals surface area contributed by atoms with Crippen molar-refractivity contribution in [2.75, 3.05) is 7.11 Å². The van der Waals surface area contributed by atoms with Gasteiger partial charge in [0.2, 0.25) is 0 Å². The highest BCUT2D eigenvalue weighted by Crippen LogP contribution is 2.34. The van der Waals surface area contributed by atoms with E-state index >= 15 is 0 Å². The van der Waals surface area contributed by atoms with Gasteiger partial charge in [0.15, 0.2) is 5.69 Å². The van der Waals surface area contributed by atoms with Gasteiger partial charge in [0, 0.05) is 40.5 Å². The van der Waals surface area contributed by atoms with E-state index in [-0.39, 0.29) is 12.7 Å². The molecule has 6 heteroatoms. The topological polar surface area (TPSA) is 53.4 Å². The van der Waals surface area contributed by atoms with E-state index in [0.29, 0.717) is 12.2 Å². The van der Waals surface area contributed by atoms with Gasteiger partial charge in [-0.05, 0) is 38.5 Å². The number of fused-ring (bicyclic) bond motifs is 3. The lowest BCUT2D eigenvalue weighted by Gasteiger charge is -2.13. The number of benzene rings is 2. The average Bonchev–Trinajstić information content (AvgIpc) is 3.05. The van der Waals surface area contributed by atoms with E-state index < -0.39 is 5.97 Å². The molecule has 0 aliphatic rings. The lowest BCUT2D eigenvalue weighted by Crippen LogP contribution is -2.16. The number of pyridine rings is 1. The Morgan fingerprint density at radius 2 is 1.94 bits per heavy atom. The van der Waals surface area contributed by atoms with Crippen LogP contribution in [0.1, 0.15) is 41.0 Å². The SMILES string of the molecule is COCc1c(C(=O)OC(C)C)ncc2c1c1ccccc1n2Cc1cc(C)ccc1Cl. The number of methoxy groups -OCH3 is 1. The molecule has 0 unspecified atom stereocenters. The van der Waals surface area contributed by atoms with Crippen LogP contribution in [0.5, 0.6) is 0 Å². The van der Waals surface area contributed by atoms with Crippen molar-refractivity contribution < 1.29 is 14.3 Å². The van der Waals surface area contributed by atoms with E-state index in [0.717, 1.165) is 43.5 Å². The molecule has 0 bridgehead atoms. The maximum Gasteiger partial charge on any atom is 0.357 e. The van der Waals surface area contributed by atoms with Crippen molar-refractivity contribution in [3.05, 3.63) is 76.1 Å². The standard InChI is InChI=1S/C25H25ClN2O3/c1-15(2)31-25(29)24-19(14-30-4)23-18-7-5-6-8-21(18)28(22(23)12-27-24)13-17-11-16(3)9-10-20(17)26/h5-12,15H,13-14H2,1-4H3. The highest BCUT2D eigenvalue weighted by Gasteiger charge is 2.23. The fraction of sp³-hybridized carbons (Fsp3) is 0.280. The van der Waals surface area contributed by atoms with Crippen LogP contribution in [0.25, 0.3) is 21.8 Å². The molecule has 2 aromatic carbocycles. The number of aryl methyl sites for hydroxylation is 1. The molecular formula is C25H25ClN2O3. The van der Waals surface area contributed by atoms with Gasteiger partial charge in [-0.15, -0.1) is 0 Å². The van der Waals surface area contributed by atoms with Crippen LogP contribution < -0.4 is 0 Å². The highest BCUT2D eigenvalue weighted by atomic mass is 35.5. The van der Waals surface area contributed by atoms with Crippen LogP contribution in [0.3, 0.4) is 0 Å². The molecule has 5 nitrogen and oxygen atoms in total. The summed E-state index contributed by atoms with van der Waals surface area (Å²) in [7, 11) is 1.61. The third kappa shape index (κ3) is 4.03. The van der Waals surface area contributed by atoms with Crippen LogP contribution in [-0.4, -0.2) is 28.7 Å². The van der Waals surface area contributed by atoms with Crippen molar-refractivity contribution in [1.82, 2.24) is 9.55 Å². The fourth-order valence-electron chi connectivity index (χ4n) is 3.99. The van der Waals surface area contributed by atoms with Crippen LogP contribution in [-0.2, 0) is 22.6 Å². The third-order valence-electron chi connectivity index (χ3n) is 5.27. The Balaban J connectivity index is 1.98. The summed E-state index contributed by atoms with van der Waals surface area (Å²) in [6.45, 7) is 6.55. The average molecular weight is 437 g/mol. The molecule has 4 rings (SSSR count). The molecule has 4 aromatic rings. The van der Waals surface area contributed by atoms with Gasteiger partial charge in [-0.1, -0.05) is 47.5 Å². The first-order chi connectivity index (χ1) is 14.9. The second kappa shape index (κ2) is 8.69. The molecule has 0 aliphatic heterocycles. The van der Waals surface area contributed by atoms with Gasteiger partial charge >= 0.3 is 5.97 Å². The van der Waals surface area contributed by atoms with E-state index in [2.05, 4.69) is 34.7 Å². The lowest BCUT2D eigenvalue weighted by atomic mass is 10.1. The van der Waals surface area contributed by atoms with Gasteiger partial charge in [-0.25, -0.2) is 9.78 Å². The van der Waals surface area contributed by atoms with Crippen LogP contribution >= 0.6 is 11.6 Å². The summed E-state index contributed by atoms with van der Waals surface area (Å²) in [6.07, 6.45) is 1.51. The first kappa shape index (κ1) is 21.3. The van der Waals surface area contributed by atoms with Crippen molar-refractivity contribution in [3.8, 4) is 0 Å². The van der Waals surface area contributed by atoms with Gasteiger partial charge in [0.1, 0.15) is 0 Å². The summed E-state index contributed by atoms with van der Waals surface area (Å²) in [5.41, 5.74) is 5.17. The Morgan fingerprint density at radius 1 is 1.16 bits per heavy atom. The Hall–Kier alpha value is -2.89. The molecule has 0 amide bonds. The van der Waals surface area contributed by atoms with Gasteiger partial charge in [-0.3, -0.25) is 0 Å². The predicted molar refractivity (Wildman–Crippen MR) is 124 cm³/mol. The molecule has 0 spiro atoms. The number of hydrogen-bond acceptors (Lipinski definition) is 4. The lowest BCUT2D eigenvalue weighted by molar-refractivity contribution is 0.0366. The van der Waals surface area contributed by atoms with Crippen molar-refractivity contribution >= 4 is 39.4 Å². The van der Waals surface area contributed by atoms with Gasteiger partial charge in [-0.2, -0.15) is 0 Å². The molecule has 0 N–H and O–H groups in total. The number of hydrogen-bond donors (Lipinski definition) is 0. The molecule has 31 heavy (non-hydrogen) atoms. The van der Waals surface area contributed by atoms with Gasteiger partial charge in [0.05, 0.1) is 24.4 Å². The summed E-state index contributed by atoms with van der Waals surface area (Å²) in [4.78, 5) is 17.3. The van der Waals surface area contributed by atoms with Crippen LogP contribution in [0, 0.1) is 6.92 Å². The summed E-state index contributed by atoms with van der Waals surface area (Å²) < 4.78 is 13.1. The maximum absolute atomic E-state index is 12.7. The Morgan fingerprint density at radius 3 is 2.68 bits per heavy atom. The largest absolute Gasteiger partial charge is 0.458 e. The maximum atomic E-state index is 12.7. The molecule has 0 aliphatic carbocycles. The van der Waals surface area contributed by atoms with Crippen LogP contribution in [0.4, 0.5) is 0 Å². The summed E-state index contributed by atoms with van der Waals surface area (Å²) in [5.74, 6) is -0.442. The first-order valence-electron chi connectivity index (χ1n) is 10.2. The molecule has 0 saturated heterocycles. The Labute approximate surface area is 186 Å². The van der Waals surface area contributed by atoms with E-state index in [4.69, 9.17) is 21.1 Å². The third-order valence-corrected chi connectivity index (χ3v) is 5.64. The van der Waals surface area contributed by atoms with E-state index in [1.807, 2.05) is 38.1 Å². The van der Waals surface area contributed by atoms with E-state index in [1.54, 1.807) is 13.3 Å². The molecule has 2 heterocycles. The summed E-state index contributed by atoms with van der Waals surface area (Å²) in [6, 6.07) is 14.2. The number of para-hydroxylation sites is 1. The number of ether oxygens (including phenoxy) is 2. The molecule has 0 radical (unpaired) electrons.